The van der Waals surface area contributed by atoms with Crippen molar-refractivity contribution < 1.29 is 4.74 Å². The van der Waals surface area contributed by atoms with Crippen LogP contribution in [0, 0.1) is 0 Å². The van der Waals surface area contributed by atoms with E-state index in [0.717, 1.165) is 44.6 Å². The van der Waals surface area contributed by atoms with Crippen LogP contribution >= 0.6 is 0 Å². The quantitative estimate of drug-likeness (QED) is 0.753. The number of ether oxygens (including phenoxy) is 1. The topological polar surface area (TPSA) is 59.3 Å². The third kappa shape index (κ3) is 2.36. The number of aryl methyl sites for hydroxylation is 1. The highest BCUT2D eigenvalue weighted by atomic mass is 16.5. The van der Waals surface area contributed by atoms with Gasteiger partial charge in [0.25, 0.3) is 0 Å². The summed E-state index contributed by atoms with van der Waals surface area (Å²) in [4.78, 5) is 0. The summed E-state index contributed by atoms with van der Waals surface area (Å²) in [6.07, 6.45) is 4.40. The molecule has 1 saturated heterocycles. The predicted octanol–water partition coefficient (Wildman–Crippen LogP) is 1.27. The van der Waals surface area contributed by atoms with Crippen molar-refractivity contribution in [2.24, 2.45) is 5.73 Å². The van der Waals surface area contributed by atoms with Gasteiger partial charge in [-0.15, -0.1) is 0 Å². The maximum Gasteiger partial charge on any atom is 0.122 e. The standard InChI is InChI=1S/C14H21N3O/c15-6-5-12-9-13(17-16-12)10-3-4-14-11(8-10)2-1-7-18-14/h3-4,8,12-13,16-17H,1-2,5-7,9,15H2. The summed E-state index contributed by atoms with van der Waals surface area (Å²) in [5.41, 5.74) is 15.0. The van der Waals surface area contributed by atoms with Crippen molar-refractivity contribution >= 4 is 0 Å². The zero-order chi connectivity index (χ0) is 12.4. The smallest absolute Gasteiger partial charge is 0.122 e. The van der Waals surface area contributed by atoms with Crippen molar-refractivity contribution in [2.75, 3.05) is 13.2 Å². The molecule has 4 heteroatoms. The van der Waals surface area contributed by atoms with Crippen LogP contribution in [0.2, 0.25) is 0 Å². The molecule has 0 saturated carbocycles. The average Bonchev–Trinajstić information content (AvgIpc) is 2.87. The molecule has 4 N–H and O–H groups in total. The van der Waals surface area contributed by atoms with Crippen LogP contribution in [0.4, 0.5) is 0 Å². The van der Waals surface area contributed by atoms with Crippen molar-refractivity contribution in [1.29, 1.82) is 0 Å². The molecule has 0 radical (unpaired) electrons. The Balaban J connectivity index is 1.73. The molecule has 0 aliphatic carbocycles. The van der Waals surface area contributed by atoms with Gasteiger partial charge in [0.05, 0.1) is 6.61 Å². The molecule has 2 aliphatic rings. The van der Waals surface area contributed by atoms with Gasteiger partial charge in [0.15, 0.2) is 0 Å². The van der Waals surface area contributed by atoms with E-state index in [2.05, 4.69) is 29.1 Å². The second-order valence-corrected chi connectivity index (χ2v) is 5.17. The van der Waals surface area contributed by atoms with E-state index in [1.54, 1.807) is 0 Å². The first-order valence-electron chi connectivity index (χ1n) is 6.83. The SMILES string of the molecule is NCCC1CC(c2ccc3c(c2)CCCO3)NN1. The van der Waals surface area contributed by atoms with Gasteiger partial charge in [-0.05, 0) is 49.4 Å². The first kappa shape index (κ1) is 12.0. The van der Waals surface area contributed by atoms with Crippen LogP contribution in [0.5, 0.6) is 5.75 Å². The second-order valence-electron chi connectivity index (χ2n) is 5.17. The first-order valence-corrected chi connectivity index (χ1v) is 6.83. The maximum atomic E-state index is 5.65. The fraction of sp³-hybridized carbons (Fsp3) is 0.571. The van der Waals surface area contributed by atoms with Crippen LogP contribution in [0.3, 0.4) is 0 Å². The normalized spacial score (nSPS) is 26.7. The molecular formula is C14H21N3O. The lowest BCUT2D eigenvalue weighted by Crippen LogP contribution is -2.32. The van der Waals surface area contributed by atoms with Gasteiger partial charge < -0.3 is 10.5 Å². The number of hydrogen-bond acceptors (Lipinski definition) is 4. The van der Waals surface area contributed by atoms with Gasteiger partial charge in [0.1, 0.15) is 5.75 Å². The Hall–Kier alpha value is -1.10. The van der Waals surface area contributed by atoms with Crippen molar-refractivity contribution in [3.63, 3.8) is 0 Å². The van der Waals surface area contributed by atoms with Gasteiger partial charge in [-0.1, -0.05) is 12.1 Å². The van der Waals surface area contributed by atoms with Crippen molar-refractivity contribution in [3.8, 4) is 5.75 Å². The molecule has 1 aromatic rings. The second kappa shape index (κ2) is 5.26. The third-order valence-corrected chi connectivity index (χ3v) is 3.83. The van der Waals surface area contributed by atoms with Crippen molar-refractivity contribution in [2.45, 2.75) is 37.8 Å². The third-order valence-electron chi connectivity index (χ3n) is 3.83. The van der Waals surface area contributed by atoms with Gasteiger partial charge in [-0.2, -0.15) is 0 Å². The van der Waals surface area contributed by atoms with Gasteiger partial charge in [-0.3, -0.25) is 10.9 Å². The van der Waals surface area contributed by atoms with Gasteiger partial charge in [0, 0.05) is 12.1 Å². The van der Waals surface area contributed by atoms with Gasteiger partial charge in [-0.25, -0.2) is 0 Å². The minimum atomic E-state index is 0.397. The monoisotopic (exact) mass is 247 g/mol. The van der Waals surface area contributed by atoms with E-state index in [0.29, 0.717) is 12.1 Å². The Bertz CT molecular complexity index is 422. The summed E-state index contributed by atoms with van der Waals surface area (Å²) in [6, 6.07) is 7.47. The molecule has 3 rings (SSSR count). The largest absolute Gasteiger partial charge is 0.493 e. The van der Waals surface area contributed by atoms with Crippen LogP contribution in [-0.2, 0) is 6.42 Å². The molecule has 2 unspecified atom stereocenters. The number of fused-ring (bicyclic) bond motifs is 1. The van der Waals surface area contributed by atoms with E-state index in [1.165, 1.54) is 11.1 Å². The van der Waals surface area contributed by atoms with Crippen molar-refractivity contribution in [1.82, 2.24) is 10.9 Å². The number of rotatable bonds is 3. The summed E-state index contributed by atoms with van der Waals surface area (Å²) in [5.74, 6) is 1.06. The number of nitrogens with two attached hydrogens (primary N) is 1. The first-order chi connectivity index (χ1) is 8.86. The fourth-order valence-corrected chi connectivity index (χ4v) is 2.83. The molecule has 0 aromatic heterocycles. The minimum absolute atomic E-state index is 0.397. The highest BCUT2D eigenvalue weighted by Crippen LogP contribution is 2.30. The van der Waals surface area contributed by atoms with Crippen LogP contribution in [0.1, 0.15) is 36.4 Å². The van der Waals surface area contributed by atoms with Crippen LogP contribution in [-0.4, -0.2) is 19.2 Å². The lowest BCUT2D eigenvalue weighted by molar-refractivity contribution is 0.288. The Morgan fingerprint density at radius 2 is 2.28 bits per heavy atom. The molecule has 1 fully saturated rings. The summed E-state index contributed by atoms with van der Waals surface area (Å²) in [6.45, 7) is 1.60. The minimum Gasteiger partial charge on any atom is -0.493 e. The molecule has 2 aliphatic heterocycles. The summed E-state index contributed by atoms with van der Waals surface area (Å²) in [5, 5.41) is 0. The lowest BCUT2D eigenvalue weighted by Gasteiger charge is -2.19. The summed E-state index contributed by atoms with van der Waals surface area (Å²) in [7, 11) is 0. The van der Waals surface area contributed by atoms with Crippen LogP contribution in [0.25, 0.3) is 0 Å². The van der Waals surface area contributed by atoms with E-state index in [9.17, 15) is 0 Å². The summed E-state index contributed by atoms with van der Waals surface area (Å²) >= 11 is 0. The van der Waals surface area contributed by atoms with E-state index in [1.807, 2.05) is 0 Å². The van der Waals surface area contributed by atoms with Gasteiger partial charge >= 0.3 is 0 Å². The fourth-order valence-electron chi connectivity index (χ4n) is 2.83. The molecule has 2 heterocycles. The van der Waals surface area contributed by atoms with Gasteiger partial charge in [0.2, 0.25) is 0 Å². The highest BCUT2D eigenvalue weighted by Gasteiger charge is 2.25. The average molecular weight is 247 g/mol. The lowest BCUT2D eigenvalue weighted by atomic mass is 9.96. The molecule has 2 atom stereocenters. The molecule has 0 spiro atoms. The number of hydrazine groups is 1. The predicted molar refractivity (Wildman–Crippen MR) is 71.3 cm³/mol. The van der Waals surface area contributed by atoms with Crippen molar-refractivity contribution in [3.05, 3.63) is 29.3 Å². The molecule has 1 aromatic carbocycles. The zero-order valence-corrected chi connectivity index (χ0v) is 10.6. The molecule has 98 valence electrons. The molecule has 0 bridgehead atoms. The number of hydrogen-bond donors (Lipinski definition) is 3. The Morgan fingerprint density at radius 3 is 3.17 bits per heavy atom. The maximum absolute atomic E-state index is 5.65. The van der Waals surface area contributed by atoms with E-state index in [-0.39, 0.29) is 0 Å². The molecule has 0 amide bonds. The Morgan fingerprint density at radius 1 is 1.33 bits per heavy atom. The number of nitrogens with one attached hydrogen (secondary N) is 2. The van der Waals surface area contributed by atoms with E-state index in [4.69, 9.17) is 10.5 Å². The highest BCUT2D eigenvalue weighted by molar-refractivity contribution is 5.39. The summed E-state index contributed by atoms with van der Waals surface area (Å²) < 4.78 is 5.65. The Kier molecular flexibility index (Phi) is 3.50. The molecular weight excluding hydrogens is 226 g/mol. The van der Waals surface area contributed by atoms with Crippen LogP contribution < -0.4 is 21.3 Å². The van der Waals surface area contributed by atoms with E-state index >= 15 is 0 Å². The molecule has 4 nitrogen and oxygen atoms in total. The van der Waals surface area contributed by atoms with Crippen LogP contribution in [0.15, 0.2) is 18.2 Å². The zero-order valence-electron chi connectivity index (χ0n) is 10.6. The van der Waals surface area contributed by atoms with E-state index < -0.39 is 0 Å². The number of benzene rings is 1. The molecule has 18 heavy (non-hydrogen) atoms. The Labute approximate surface area is 108 Å².